The summed E-state index contributed by atoms with van der Waals surface area (Å²) in [5.41, 5.74) is 0.387. The molecule has 0 unspecified atom stereocenters. The number of benzene rings is 1. The van der Waals surface area contributed by atoms with E-state index in [-0.39, 0.29) is 27.3 Å². The molecule has 1 atom stereocenters. The van der Waals surface area contributed by atoms with Gasteiger partial charge < -0.3 is 5.11 Å². The molecule has 9 heteroatoms. The number of nitro benzene ring substituents is 1. The Balaban J connectivity index is 2.32. The second-order valence-electron chi connectivity index (χ2n) is 5.89. The van der Waals surface area contributed by atoms with Crippen molar-refractivity contribution >= 4 is 51.9 Å². The fourth-order valence-electron chi connectivity index (χ4n) is 2.39. The first kappa shape index (κ1) is 19.1. The van der Waals surface area contributed by atoms with Crippen molar-refractivity contribution in [3.05, 3.63) is 44.8 Å². The van der Waals surface area contributed by atoms with Gasteiger partial charge in [-0.3, -0.25) is 19.8 Å². The van der Waals surface area contributed by atoms with Crippen LogP contribution in [0.1, 0.15) is 25.8 Å². The number of non-ortho nitro benzene ring substituents is 1. The number of carbonyl (C=O) groups excluding carboxylic acids is 1. The van der Waals surface area contributed by atoms with Crippen molar-refractivity contribution in [2.45, 2.75) is 26.3 Å². The number of rotatable bonds is 6. The second-order valence-corrected chi connectivity index (χ2v) is 7.56. The van der Waals surface area contributed by atoms with Crippen molar-refractivity contribution in [2.75, 3.05) is 0 Å². The van der Waals surface area contributed by atoms with Gasteiger partial charge in [-0.15, -0.1) is 0 Å². The molecule has 0 radical (unpaired) electrons. The smallest absolute Gasteiger partial charge is 0.326 e. The second kappa shape index (κ2) is 7.75. The Morgan fingerprint density at radius 1 is 1.48 bits per heavy atom. The summed E-state index contributed by atoms with van der Waals surface area (Å²) in [5, 5.41) is 20.3. The van der Waals surface area contributed by atoms with Crippen molar-refractivity contribution < 1.29 is 19.6 Å². The van der Waals surface area contributed by atoms with Crippen molar-refractivity contribution in [2.24, 2.45) is 5.92 Å². The van der Waals surface area contributed by atoms with E-state index >= 15 is 0 Å². The van der Waals surface area contributed by atoms with Crippen LogP contribution in [0.2, 0.25) is 0 Å². The van der Waals surface area contributed by atoms with Gasteiger partial charge in [0.15, 0.2) is 0 Å². The van der Waals surface area contributed by atoms with Gasteiger partial charge in [0, 0.05) is 12.1 Å². The third kappa shape index (κ3) is 4.43. The zero-order valence-electron chi connectivity index (χ0n) is 13.5. The molecule has 0 bridgehead atoms. The maximum Gasteiger partial charge on any atom is 0.326 e. The van der Waals surface area contributed by atoms with Crippen LogP contribution in [0.25, 0.3) is 6.08 Å². The summed E-state index contributed by atoms with van der Waals surface area (Å²) >= 11 is 6.18. The summed E-state index contributed by atoms with van der Waals surface area (Å²) in [4.78, 5) is 35.8. The number of amides is 1. The van der Waals surface area contributed by atoms with E-state index in [1.54, 1.807) is 6.07 Å². The van der Waals surface area contributed by atoms with Crippen LogP contribution in [0, 0.1) is 16.0 Å². The van der Waals surface area contributed by atoms with E-state index in [2.05, 4.69) is 0 Å². The van der Waals surface area contributed by atoms with E-state index in [0.717, 1.165) is 16.7 Å². The van der Waals surface area contributed by atoms with Gasteiger partial charge in [-0.1, -0.05) is 50.0 Å². The first-order chi connectivity index (χ1) is 11.7. The molecule has 0 saturated carbocycles. The Kier molecular flexibility index (Phi) is 5.91. The van der Waals surface area contributed by atoms with E-state index in [1.165, 1.54) is 24.3 Å². The third-order valence-corrected chi connectivity index (χ3v) is 4.82. The van der Waals surface area contributed by atoms with Crippen LogP contribution in [0.5, 0.6) is 0 Å². The topological polar surface area (TPSA) is 101 Å². The number of hydrogen-bond acceptors (Lipinski definition) is 6. The summed E-state index contributed by atoms with van der Waals surface area (Å²) in [6.07, 6.45) is 1.77. The maximum absolute atomic E-state index is 12.6. The van der Waals surface area contributed by atoms with Crippen LogP contribution in [-0.2, 0) is 9.59 Å². The Morgan fingerprint density at radius 3 is 2.72 bits per heavy atom. The summed E-state index contributed by atoms with van der Waals surface area (Å²) < 4.78 is 0.176. The molecule has 1 aliphatic rings. The highest BCUT2D eigenvalue weighted by Gasteiger charge is 2.40. The van der Waals surface area contributed by atoms with Gasteiger partial charge in [0.05, 0.1) is 9.83 Å². The highest BCUT2D eigenvalue weighted by atomic mass is 32.2. The normalized spacial score (nSPS) is 17.4. The predicted octanol–water partition coefficient (Wildman–Crippen LogP) is 3.30. The molecule has 1 amide bonds. The number of carboxylic acid groups (broad SMARTS) is 1. The molecule has 7 nitrogen and oxygen atoms in total. The number of thioether (sulfide) groups is 1. The number of carbonyl (C=O) groups is 2. The maximum atomic E-state index is 12.6. The number of nitrogens with zero attached hydrogens (tertiary/aromatic N) is 2. The predicted molar refractivity (Wildman–Crippen MR) is 99.0 cm³/mol. The lowest BCUT2D eigenvalue weighted by molar-refractivity contribution is -0.384. The molecule has 25 heavy (non-hydrogen) atoms. The van der Waals surface area contributed by atoms with Crippen molar-refractivity contribution in [3.8, 4) is 0 Å². The molecule has 1 aromatic carbocycles. The highest BCUT2D eigenvalue weighted by Crippen LogP contribution is 2.35. The lowest BCUT2D eigenvalue weighted by atomic mass is 10.0. The fourth-order valence-corrected chi connectivity index (χ4v) is 3.75. The molecular weight excluding hydrogens is 364 g/mol. The van der Waals surface area contributed by atoms with Gasteiger partial charge in [-0.25, -0.2) is 4.79 Å². The number of aliphatic carboxylic acids is 1. The summed E-state index contributed by atoms with van der Waals surface area (Å²) in [6.45, 7) is 3.74. The summed E-state index contributed by atoms with van der Waals surface area (Å²) in [5.74, 6) is -1.53. The zero-order chi connectivity index (χ0) is 18.7. The van der Waals surface area contributed by atoms with E-state index < -0.39 is 22.8 Å². The summed E-state index contributed by atoms with van der Waals surface area (Å²) in [7, 11) is 0. The zero-order valence-corrected chi connectivity index (χ0v) is 15.2. The van der Waals surface area contributed by atoms with Gasteiger partial charge in [0.25, 0.3) is 11.6 Å². The van der Waals surface area contributed by atoms with Crippen LogP contribution in [0.15, 0.2) is 29.2 Å². The fraction of sp³-hybridized carbons (Fsp3) is 0.312. The van der Waals surface area contributed by atoms with Crippen LogP contribution in [0.4, 0.5) is 5.69 Å². The van der Waals surface area contributed by atoms with Gasteiger partial charge >= 0.3 is 5.97 Å². The first-order valence-electron chi connectivity index (χ1n) is 7.45. The van der Waals surface area contributed by atoms with Crippen LogP contribution in [0.3, 0.4) is 0 Å². The monoisotopic (exact) mass is 380 g/mol. The van der Waals surface area contributed by atoms with Crippen molar-refractivity contribution in [3.63, 3.8) is 0 Å². The molecule has 2 rings (SSSR count). The van der Waals surface area contributed by atoms with Crippen molar-refractivity contribution in [1.82, 2.24) is 4.90 Å². The molecule has 1 N–H and O–H groups in total. The Labute approximate surface area is 153 Å². The average molecular weight is 380 g/mol. The molecule has 1 fully saturated rings. The molecule has 132 valence electrons. The van der Waals surface area contributed by atoms with E-state index in [4.69, 9.17) is 12.2 Å². The van der Waals surface area contributed by atoms with Gasteiger partial charge in [-0.05, 0) is 24.0 Å². The molecule has 0 aromatic heterocycles. The number of hydrogen-bond donors (Lipinski definition) is 1. The standard InChI is InChI=1S/C16H16N2O5S2/c1-9(2)6-12(15(20)21)17-14(19)13(25-16(17)24)8-10-4-3-5-11(7-10)18(22)23/h3-5,7-9,12H,6H2,1-2H3,(H,20,21)/b13-8-/t12-/m1/s1. The number of carboxylic acids is 1. The molecule has 1 heterocycles. The van der Waals surface area contributed by atoms with Gasteiger partial charge in [0.1, 0.15) is 10.4 Å². The summed E-state index contributed by atoms with van der Waals surface area (Å²) in [6, 6.07) is 4.82. The molecule has 1 saturated heterocycles. The third-order valence-electron chi connectivity index (χ3n) is 3.49. The highest BCUT2D eigenvalue weighted by molar-refractivity contribution is 8.26. The molecule has 1 aliphatic heterocycles. The van der Waals surface area contributed by atoms with E-state index in [9.17, 15) is 24.8 Å². The minimum atomic E-state index is -1.11. The van der Waals surface area contributed by atoms with E-state index in [0.29, 0.717) is 5.56 Å². The SMILES string of the molecule is CC(C)C[C@H](C(=O)O)N1C(=O)/C(=C/c2cccc([N+](=O)[O-])c2)SC1=S. The van der Waals surface area contributed by atoms with Crippen LogP contribution < -0.4 is 0 Å². The minimum Gasteiger partial charge on any atom is -0.480 e. The lowest BCUT2D eigenvalue weighted by Gasteiger charge is -2.24. The number of nitro groups is 1. The van der Waals surface area contributed by atoms with Crippen LogP contribution in [-0.4, -0.2) is 37.2 Å². The molecular formula is C16H16N2O5S2. The minimum absolute atomic E-state index is 0.0755. The van der Waals surface area contributed by atoms with Gasteiger partial charge in [-0.2, -0.15) is 0 Å². The first-order valence-corrected chi connectivity index (χ1v) is 8.67. The van der Waals surface area contributed by atoms with Crippen LogP contribution >= 0.6 is 24.0 Å². The number of thiocarbonyl (C=S) groups is 1. The molecule has 0 spiro atoms. The van der Waals surface area contributed by atoms with E-state index in [1.807, 2.05) is 13.8 Å². The average Bonchev–Trinajstić information content (AvgIpc) is 2.79. The Hall–Kier alpha value is -2.26. The largest absolute Gasteiger partial charge is 0.480 e. The molecule has 0 aliphatic carbocycles. The van der Waals surface area contributed by atoms with Gasteiger partial charge in [0.2, 0.25) is 0 Å². The Bertz CT molecular complexity index is 776. The molecule has 1 aromatic rings. The quantitative estimate of drug-likeness (QED) is 0.350. The Morgan fingerprint density at radius 2 is 2.16 bits per heavy atom. The van der Waals surface area contributed by atoms with Crippen molar-refractivity contribution in [1.29, 1.82) is 0 Å². The lowest BCUT2D eigenvalue weighted by Crippen LogP contribution is -2.44.